The van der Waals surface area contributed by atoms with Crippen LogP contribution in [0.15, 0.2) is 48.5 Å². The maximum absolute atomic E-state index is 5.80. The van der Waals surface area contributed by atoms with Crippen LogP contribution in [0.25, 0.3) is 0 Å². The van der Waals surface area contributed by atoms with E-state index in [0.29, 0.717) is 10.7 Å². The lowest BCUT2D eigenvalue weighted by Crippen LogP contribution is -2.07. The number of fused-ring (bicyclic) bond motifs is 1. The maximum atomic E-state index is 5.80. The quantitative estimate of drug-likeness (QED) is 0.637. The first-order valence-corrected chi connectivity index (χ1v) is 8.66. The molecule has 0 saturated heterocycles. The van der Waals surface area contributed by atoms with Crippen LogP contribution in [0.5, 0.6) is 5.75 Å². The molecule has 2 atom stereocenters. The van der Waals surface area contributed by atoms with Crippen molar-refractivity contribution in [2.75, 3.05) is 6.61 Å². The number of aryl methyl sites for hydroxylation is 1. The number of ether oxygens (including phenoxy) is 1. The Balaban J connectivity index is 1.75. The van der Waals surface area contributed by atoms with E-state index >= 15 is 0 Å². The zero-order chi connectivity index (χ0) is 14.7. The van der Waals surface area contributed by atoms with Crippen LogP contribution < -0.4 is 4.74 Å². The van der Waals surface area contributed by atoms with E-state index in [-0.39, 0.29) is 0 Å². The third kappa shape index (κ3) is 3.16. The molecule has 3 rings (SSSR count). The lowest BCUT2D eigenvalue weighted by Gasteiger charge is -2.17. The van der Waals surface area contributed by atoms with Crippen molar-refractivity contribution in [3.8, 4) is 5.75 Å². The minimum absolute atomic E-state index is 0.307. The number of rotatable bonds is 5. The number of alkyl halides is 1. The summed E-state index contributed by atoms with van der Waals surface area (Å²) in [5.41, 5.74) is 4.08. The van der Waals surface area contributed by atoms with Gasteiger partial charge in [0.1, 0.15) is 5.75 Å². The number of para-hydroxylation sites is 1. The van der Waals surface area contributed by atoms with E-state index in [0.717, 1.165) is 12.4 Å². The first-order chi connectivity index (χ1) is 10.3. The second kappa shape index (κ2) is 6.65. The highest BCUT2D eigenvalue weighted by Crippen LogP contribution is 2.45. The van der Waals surface area contributed by atoms with Crippen molar-refractivity contribution < 1.29 is 4.74 Å². The van der Waals surface area contributed by atoms with Gasteiger partial charge in [-0.1, -0.05) is 71.7 Å². The molecular weight excluding hydrogens is 324 g/mol. The highest BCUT2D eigenvalue weighted by molar-refractivity contribution is 9.09. The van der Waals surface area contributed by atoms with Crippen LogP contribution in [0.4, 0.5) is 0 Å². The molecule has 0 aliphatic carbocycles. The van der Waals surface area contributed by atoms with Crippen molar-refractivity contribution in [1.82, 2.24) is 0 Å². The van der Waals surface area contributed by atoms with Crippen molar-refractivity contribution in [1.29, 1.82) is 0 Å². The summed E-state index contributed by atoms with van der Waals surface area (Å²) in [6.45, 7) is 2.99. The fourth-order valence-electron chi connectivity index (χ4n) is 2.91. The summed E-state index contributed by atoms with van der Waals surface area (Å²) in [5, 5.41) is 0. The molecule has 2 unspecified atom stereocenters. The van der Waals surface area contributed by atoms with Crippen LogP contribution >= 0.6 is 15.9 Å². The Hall–Kier alpha value is -1.28. The first-order valence-electron chi connectivity index (χ1n) is 7.74. The highest BCUT2D eigenvalue weighted by atomic mass is 79.9. The Morgan fingerprint density at radius 1 is 1.14 bits per heavy atom. The molecule has 2 heteroatoms. The number of benzene rings is 2. The molecule has 0 fully saturated rings. The van der Waals surface area contributed by atoms with Crippen molar-refractivity contribution in [3.05, 3.63) is 65.2 Å². The van der Waals surface area contributed by atoms with Gasteiger partial charge in [-0.15, -0.1) is 0 Å². The van der Waals surface area contributed by atoms with E-state index in [1.807, 2.05) is 6.07 Å². The van der Waals surface area contributed by atoms with Gasteiger partial charge in [0.15, 0.2) is 0 Å². The summed E-state index contributed by atoms with van der Waals surface area (Å²) in [4.78, 5) is 0.307. The van der Waals surface area contributed by atoms with Gasteiger partial charge in [-0.3, -0.25) is 0 Å². The Morgan fingerprint density at radius 2 is 1.90 bits per heavy atom. The molecule has 0 saturated carbocycles. The van der Waals surface area contributed by atoms with Crippen LogP contribution in [0, 0.1) is 0 Å². The number of unbranched alkanes of at least 4 members (excludes halogenated alkanes) is 1. The maximum Gasteiger partial charge on any atom is 0.122 e. The molecule has 1 aliphatic rings. The van der Waals surface area contributed by atoms with E-state index in [1.165, 1.54) is 36.0 Å². The minimum Gasteiger partial charge on any atom is -0.493 e. The van der Waals surface area contributed by atoms with Crippen LogP contribution in [-0.2, 0) is 6.42 Å². The van der Waals surface area contributed by atoms with E-state index in [4.69, 9.17) is 4.74 Å². The summed E-state index contributed by atoms with van der Waals surface area (Å²) in [7, 11) is 0. The number of hydrogen-bond acceptors (Lipinski definition) is 1. The molecule has 0 N–H and O–H groups in total. The van der Waals surface area contributed by atoms with Crippen molar-refractivity contribution in [2.45, 2.75) is 36.9 Å². The van der Waals surface area contributed by atoms with Crippen molar-refractivity contribution >= 4 is 15.9 Å². The Morgan fingerprint density at radius 3 is 2.67 bits per heavy atom. The predicted molar refractivity (Wildman–Crippen MR) is 91.4 cm³/mol. The highest BCUT2D eigenvalue weighted by Gasteiger charge is 2.30. The first kappa shape index (κ1) is 14.6. The molecule has 0 amide bonds. The third-order valence-electron chi connectivity index (χ3n) is 4.21. The van der Waals surface area contributed by atoms with E-state index in [2.05, 4.69) is 65.3 Å². The van der Waals surface area contributed by atoms with Crippen LogP contribution in [-0.4, -0.2) is 6.61 Å². The molecular formula is C19H21BrO. The molecule has 0 radical (unpaired) electrons. The second-order valence-electron chi connectivity index (χ2n) is 5.70. The van der Waals surface area contributed by atoms with E-state index < -0.39 is 0 Å². The van der Waals surface area contributed by atoms with Gasteiger partial charge in [0.25, 0.3) is 0 Å². The van der Waals surface area contributed by atoms with Crippen molar-refractivity contribution in [3.63, 3.8) is 0 Å². The minimum atomic E-state index is 0.307. The standard InChI is InChI=1S/C19H21BrO/c1-2-3-6-14-9-11-15(12-10-14)19(20)17-13-21-18-8-5-4-7-16(17)18/h4-5,7-12,17,19H,2-3,6,13H2,1H3. The summed E-state index contributed by atoms with van der Waals surface area (Å²) in [6, 6.07) is 17.4. The Bertz CT molecular complexity index is 591. The number of halogens is 1. The monoisotopic (exact) mass is 344 g/mol. The molecule has 0 aromatic heterocycles. The molecule has 0 bridgehead atoms. The van der Waals surface area contributed by atoms with E-state index in [9.17, 15) is 0 Å². The molecule has 2 aromatic rings. The van der Waals surface area contributed by atoms with Gasteiger partial charge in [-0.05, 0) is 30.0 Å². The average molecular weight is 345 g/mol. The summed E-state index contributed by atoms with van der Waals surface area (Å²) < 4.78 is 5.80. The molecule has 0 spiro atoms. The van der Waals surface area contributed by atoms with Crippen molar-refractivity contribution in [2.24, 2.45) is 0 Å². The molecule has 1 nitrogen and oxygen atoms in total. The van der Waals surface area contributed by atoms with Gasteiger partial charge < -0.3 is 4.74 Å². The fraction of sp³-hybridized carbons (Fsp3) is 0.368. The normalized spacial score (nSPS) is 18.1. The average Bonchev–Trinajstić information content (AvgIpc) is 2.97. The second-order valence-corrected chi connectivity index (χ2v) is 6.69. The van der Waals surface area contributed by atoms with Gasteiger partial charge in [0.2, 0.25) is 0 Å². The fourth-order valence-corrected chi connectivity index (χ4v) is 3.65. The molecule has 1 aliphatic heterocycles. The van der Waals surface area contributed by atoms with Gasteiger partial charge in [-0.2, -0.15) is 0 Å². The lowest BCUT2D eigenvalue weighted by molar-refractivity contribution is 0.329. The summed E-state index contributed by atoms with van der Waals surface area (Å²) in [6.07, 6.45) is 3.69. The summed E-state index contributed by atoms with van der Waals surface area (Å²) >= 11 is 3.88. The zero-order valence-electron chi connectivity index (χ0n) is 12.4. The Kier molecular flexibility index (Phi) is 4.64. The molecule has 2 aromatic carbocycles. The van der Waals surface area contributed by atoms with Crippen LogP contribution in [0.3, 0.4) is 0 Å². The van der Waals surface area contributed by atoms with Gasteiger partial charge in [0.05, 0.1) is 6.61 Å². The predicted octanol–water partition coefficient (Wildman–Crippen LogP) is 5.64. The zero-order valence-corrected chi connectivity index (χ0v) is 14.0. The van der Waals surface area contributed by atoms with Gasteiger partial charge >= 0.3 is 0 Å². The summed E-state index contributed by atoms with van der Waals surface area (Å²) in [5.74, 6) is 1.43. The topological polar surface area (TPSA) is 9.23 Å². The Labute approximate surface area is 135 Å². The van der Waals surface area contributed by atoms with Crippen LogP contribution in [0.1, 0.15) is 47.2 Å². The van der Waals surface area contributed by atoms with Gasteiger partial charge in [0, 0.05) is 16.3 Å². The lowest BCUT2D eigenvalue weighted by atomic mass is 9.93. The molecule has 110 valence electrons. The van der Waals surface area contributed by atoms with Gasteiger partial charge in [-0.25, -0.2) is 0 Å². The molecule has 21 heavy (non-hydrogen) atoms. The SMILES string of the molecule is CCCCc1ccc(C(Br)C2COc3ccccc32)cc1. The van der Waals surface area contributed by atoms with E-state index in [1.54, 1.807) is 0 Å². The molecule has 1 heterocycles. The largest absolute Gasteiger partial charge is 0.493 e. The smallest absolute Gasteiger partial charge is 0.122 e. The van der Waals surface area contributed by atoms with Crippen LogP contribution in [0.2, 0.25) is 0 Å². The third-order valence-corrected chi connectivity index (χ3v) is 5.37. The number of hydrogen-bond donors (Lipinski definition) is 0.